The molecule has 1 heterocycles. The monoisotopic (exact) mass is 261 g/mol. The summed E-state index contributed by atoms with van der Waals surface area (Å²) in [6.45, 7) is 1.73. The maximum absolute atomic E-state index is 12.0. The van der Waals surface area contributed by atoms with Crippen molar-refractivity contribution >= 4 is 17.3 Å². The lowest BCUT2D eigenvalue weighted by Crippen LogP contribution is -2.24. The molecule has 1 atom stereocenters. The standard InChI is InChI=1S/C12H15N5O2/c1-8(17-7-14-6-15-17)12(18)16-9-3-4-11(19-2)10(13)5-9/h3-8H,13H2,1-2H3,(H,16,18). The summed E-state index contributed by atoms with van der Waals surface area (Å²) in [6, 6.07) is 4.61. The zero-order valence-corrected chi connectivity index (χ0v) is 10.7. The Labute approximate surface area is 110 Å². The number of nitrogens with zero attached hydrogens (tertiary/aromatic N) is 3. The number of nitrogens with two attached hydrogens (primary N) is 1. The average Bonchev–Trinajstić information content (AvgIpc) is 2.92. The minimum Gasteiger partial charge on any atom is -0.495 e. The van der Waals surface area contributed by atoms with E-state index in [-0.39, 0.29) is 5.91 Å². The molecule has 0 saturated heterocycles. The van der Waals surface area contributed by atoms with Crippen LogP contribution in [0.3, 0.4) is 0 Å². The van der Waals surface area contributed by atoms with Crippen LogP contribution in [-0.4, -0.2) is 27.8 Å². The Balaban J connectivity index is 2.09. The van der Waals surface area contributed by atoms with E-state index in [0.717, 1.165) is 0 Å². The number of rotatable bonds is 4. The molecule has 0 radical (unpaired) electrons. The van der Waals surface area contributed by atoms with Crippen LogP contribution in [0.25, 0.3) is 0 Å². The zero-order valence-electron chi connectivity index (χ0n) is 10.7. The minimum atomic E-state index is -0.453. The summed E-state index contributed by atoms with van der Waals surface area (Å²) in [5.74, 6) is 0.373. The number of anilines is 2. The van der Waals surface area contributed by atoms with Crippen LogP contribution in [0.15, 0.2) is 30.9 Å². The Morgan fingerprint density at radius 1 is 1.53 bits per heavy atom. The largest absolute Gasteiger partial charge is 0.495 e. The molecule has 7 nitrogen and oxygen atoms in total. The van der Waals surface area contributed by atoms with Crippen molar-refractivity contribution in [2.24, 2.45) is 0 Å². The molecule has 0 aliphatic carbocycles. The van der Waals surface area contributed by atoms with E-state index in [9.17, 15) is 4.79 Å². The van der Waals surface area contributed by atoms with Crippen LogP contribution in [0, 0.1) is 0 Å². The summed E-state index contributed by atoms with van der Waals surface area (Å²) in [5.41, 5.74) is 6.85. The third-order valence-corrected chi connectivity index (χ3v) is 2.71. The topological polar surface area (TPSA) is 95.1 Å². The molecule has 7 heteroatoms. The first-order chi connectivity index (χ1) is 9.11. The van der Waals surface area contributed by atoms with Gasteiger partial charge in [-0.1, -0.05) is 0 Å². The van der Waals surface area contributed by atoms with Gasteiger partial charge in [-0.05, 0) is 25.1 Å². The molecule has 2 aromatic rings. The van der Waals surface area contributed by atoms with Crippen LogP contribution in [-0.2, 0) is 4.79 Å². The van der Waals surface area contributed by atoms with E-state index >= 15 is 0 Å². The Morgan fingerprint density at radius 3 is 2.89 bits per heavy atom. The third kappa shape index (κ3) is 2.82. The van der Waals surface area contributed by atoms with Crippen LogP contribution < -0.4 is 15.8 Å². The molecule has 0 aliphatic heterocycles. The number of ether oxygens (including phenoxy) is 1. The molecule has 1 amide bonds. The first kappa shape index (κ1) is 12.9. The number of nitrogen functional groups attached to an aromatic ring is 1. The van der Waals surface area contributed by atoms with Gasteiger partial charge in [0.1, 0.15) is 24.4 Å². The normalized spacial score (nSPS) is 11.9. The maximum atomic E-state index is 12.0. The minimum absolute atomic E-state index is 0.199. The van der Waals surface area contributed by atoms with E-state index in [4.69, 9.17) is 10.5 Å². The van der Waals surface area contributed by atoms with E-state index < -0.39 is 6.04 Å². The number of carbonyl (C=O) groups excluding carboxylic acids is 1. The highest BCUT2D eigenvalue weighted by atomic mass is 16.5. The lowest BCUT2D eigenvalue weighted by molar-refractivity contribution is -0.119. The van der Waals surface area contributed by atoms with Crippen LogP contribution in [0.2, 0.25) is 0 Å². The predicted molar refractivity (Wildman–Crippen MR) is 70.8 cm³/mol. The second-order valence-electron chi connectivity index (χ2n) is 4.00. The smallest absolute Gasteiger partial charge is 0.249 e. The maximum Gasteiger partial charge on any atom is 0.249 e. The molecule has 1 unspecified atom stereocenters. The highest BCUT2D eigenvalue weighted by molar-refractivity contribution is 5.94. The van der Waals surface area contributed by atoms with E-state index in [1.54, 1.807) is 25.1 Å². The zero-order chi connectivity index (χ0) is 13.8. The van der Waals surface area contributed by atoms with Gasteiger partial charge in [-0.2, -0.15) is 5.10 Å². The Morgan fingerprint density at radius 2 is 2.32 bits per heavy atom. The molecular formula is C12H15N5O2. The second-order valence-corrected chi connectivity index (χ2v) is 4.00. The second kappa shape index (κ2) is 5.38. The molecule has 0 saturated carbocycles. The van der Waals surface area contributed by atoms with E-state index in [0.29, 0.717) is 17.1 Å². The number of benzene rings is 1. The highest BCUT2D eigenvalue weighted by Crippen LogP contribution is 2.24. The van der Waals surface area contributed by atoms with Crippen molar-refractivity contribution in [2.75, 3.05) is 18.2 Å². The fraction of sp³-hybridized carbons (Fsp3) is 0.250. The first-order valence-corrected chi connectivity index (χ1v) is 5.70. The fourth-order valence-corrected chi connectivity index (χ4v) is 1.60. The van der Waals surface area contributed by atoms with Gasteiger partial charge in [0.15, 0.2) is 0 Å². The van der Waals surface area contributed by atoms with Gasteiger partial charge in [-0.25, -0.2) is 9.67 Å². The van der Waals surface area contributed by atoms with Crippen LogP contribution in [0.1, 0.15) is 13.0 Å². The quantitative estimate of drug-likeness (QED) is 0.803. The van der Waals surface area contributed by atoms with Gasteiger partial charge in [-0.3, -0.25) is 4.79 Å². The predicted octanol–water partition coefficient (Wildman–Crippen LogP) is 1.07. The highest BCUT2D eigenvalue weighted by Gasteiger charge is 2.15. The molecule has 2 rings (SSSR count). The summed E-state index contributed by atoms with van der Waals surface area (Å²) < 4.78 is 6.53. The average molecular weight is 261 g/mol. The lowest BCUT2D eigenvalue weighted by Gasteiger charge is -2.13. The number of hydrogen-bond acceptors (Lipinski definition) is 5. The number of aromatic nitrogens is 3. The van der Waals surface area contributed by atoms with Crippen molar-refractivity contribution in [3.8, 4) is 5.75 Å². The molecule has 0 spiro atoms. The fourth-order valence-electron chi connectivity index (χ4n) is 1.60. The van der Waals surface area contributed by atoms with Crippen LogP contribution in [0.5, 0.6) is 5.75 Å². The van der Waals surface area contributed by atoms with Gasteiger partial charge >= 0.3 is 0 Å². The molecule has 100 valence electrons. The summed E-state index contributed by atoms with van der Waals surface area (Å²) >= 11 is 0. The van der Waals surface area contributed by atoms with Gasteiger partial charge in [0, 0.05) is 5.69 Å². The molecular weight excluding hydrogens is 246 g/mol. The molecule has 19 heavy (non-hydrogen) atoms. The molecule has 0 fully saturated rings. The molecule has 0 aliphatic rings. The van der Waals surface area contributed by atoms with Gasteiger partial charge < -0.3 is 15.8 Å². The lowest BCUT2D eigenvalue weighted by atomic mass is 10.2. The summed E-state index contributed by atoms with van der Waals surface area (Å²) in [6.07, 6.45) is 2.88. The van der Waals surface area contributed by atoms with Crippen LogP contribution >= 0.6 is 0 Å². The van der Waals surface area contributed by atoms with Crippen molar-refractivity contribution in [1.29, 1.82) is 0 Å². The van der Waals surface area contributed by atoms with E-state index in [1.165, 1.54) is 24.4 Å². The van der Waals surface area contributed by atoms with Crippen molar-refractivity contribution in [3.63, 3.8) is 0 Å². The molecule has 1 aromatic heterocycles. The number of methoxy groups -OCH3 is 1. The number of nitrogens with one attached hydrogen (secondary N) is 1. The van der Waals surface area contributed by atoms with Gasteiger partial charge in [0.2, 0.25) is 5.91 Å². The number of amides is 1. The van der Waals surface area contributed by atoms with Crippen molar-refractivity contribution in [3.05, 3.63) is 30.9 Å². The van der Waals surface area contributed by atoms with Gasteiger partial charge in [-0.15, -0.1) is 0 Å². The Bertz CT molecular complexity index is 568. The van der Waals surface area contributed by atoms with Crippen molar-refractivity contribution in [2.45, 2.75) is 13.0 Å². The van der Waals surface area contributed by atoms with Gasteiger partial charge in [0.05, 0.1) is 12.8 Å². The summed E-state index contributed by atoms with van der Waals surface area (Å²) in [5, 5.41) is 6.68. The number of hydrogen-bond donors (Lipinski definition) is 2. The van der Waals surface area contributed by atoms with Crippen molar-refractivity contribution < 1.29 is 9.53 Å². The third-order valence-electron chi connectivity index (χ3n) is 2.71. The summed E-state index contributed by atoms with van der Waals surface area (Å²) in [4.78, 5) is 15.8. The molecule has 0 bridgehead atoms. The molecule has 3 N–H and O–H groups in total. The first-order valence-electron chi connectivity index (χ1n) is 5.70. The summed E-state index contributed by atoms with van der Waals surface area (Å²) in [7, 11) is 1.54. The molecule has 1 aromatic carbocycles. The Kier molecular flexibility index (Phi) is 3.65. The van der Waals surface area contributed by atoms with Crippen LogP contribution in [0.4, 0.5) is 11.4 Å². The number of carbonyl (C=O) groups is 1. The van der Waals surface area contributed by atoms with E-state index in [2.05, 4.69) is 15.4 Å². The Hall–Kier alpha value is -2.57. The van der Waals surface area contributed by atoms with Gasteiger partial charge in [0.25, 0.3) is 0 Å². The SMILES string of the molecule is COc1ccc(NC(=O)C(C)n2cncn2)cc1N. The van der Waals surface area contributed by atoms with Crippen molar-refractivity contribution in [1.82, 2.24) is 14.8 Å². The van der Waals surface area contributed by atoms with E-state index in [1.807, 2.05) is 0 Å².